The average molecular weight is 489 g/mol. The van der Waals surface area contributed by atoms with E-state index in [0.29, 0.717) is 17.1 Å². The van der Waals surface area contributed by atoms with Crippen LogP contribution in [-0.4, -0.2) is 47.9 Å². The molecule has 1 saturated heterocycles. The second-order valence-corrected chi connectivity index (χ2v) is 9.18. The van der Waals surface area contributed by atoms with Crippen LogP contribution in [-0.2, 0) is 29.1 Å². The molecule has 1 fully saturated rings. The number of methoxy groups -OCH3 is 2. The number of rotatable bonds is 9. The van der Waals surface area contributed by atoms with Gasteiger partial charge in [0, 0.05) is 20.9 Å². The van der Waals surface area contributed by atoms with Crippen molar-refractivity contribution in [2.24, 2.45) is 5.92 Å². The van der Waals surface area contributed by atoms with E-state index in [0.717, 1.165) is 11.1 Å². The SMILES string of the molecule is [2H][C@H](c1ccccc1)[C@@]1([2H])C(=O)N(Cc2ccc(OC)cc2)[C@@H](C(C)C)C(=O)N1Cc1ccc(OC)cc1. The quantitative estimate of drug-likeness (QED) is 0.438. The molecule has 188 valence electrons. The molecular formula is C30H34N2O4. The lowest BCUT2D eigenvalue weighted by Crippen LogP contribution is -2.65. The lowest BCUT2D eigenvalue weighted by Gasteiger charge is -2.46. The van der Waals surface area contributed by atoms with Crippen LogP contribution in [0, 0.1) is 5.92 Å². The van der Waals surface area contributed by atoms with Gasteiger partial charge in [0.1, 0.15) is 23.6 Å². The minimum Gasteiger partial charge on any atom is -0.497 e. The highest BCUT2D eigenvalue weighted by molar-refractivity contribution is 5.97. The maximum Gasteiger partial charge on any atom is 0.246 e. The predicted molar refractivity (Wildman–Crippen MR) is 140 cm³/mol. The lowest BCUT2D eigenvalue weighted by atomic mass is 9.91. The Hall–Kier alpha value is -3.80. The van der Waals surface area contributed by atoms with Gasteiger partial charge in [-0.3, -0.25) is 9.59 Å². The van der Waals surface area contributed by atoms with Gasteiger partial charge in [-0.1, -0.05) is 68.4 Å². The van der Waals surface area contributed by atoms with E-state index < -0.39 is 24.4 Å². The minimum atomic E-state index is -2.17. The van der Waals surface area contributed by atoms with Gasteiger partial charge in [-0.2, -0.15) is 0 Å². The van der Waals surface area contributed by atoms with Crippen LogP contribution in [0.25, 0.3) is 0 Å². The predicted octanol–water partition coefficient (Wildman–Crippen LogP) is 4.71. The molecule has 4 rings (SSSR count). The molecular weight excluding hydrogens is 452 g/mol. The molecule has 0 saturated carbocycles. The number of nitrogens with zero attached hydrogens (tertiary/aromatic N) is 2. The summed E-state index contributed by atoms with van der Waals surface area (Å²) in [6.45, 7) is 3.97. The minimum absolute atomic E-state index is 0.0277. The van der Waals surface area contributed by atoms with Crippen LogP contribution in [0.3, 0.4) is 0 Å². The van der Waals surface area contributed by atoms with Gasteiger partial charge in [0.05, 0.1) is 15.6 Å². The van der Waals surface area contributed by atoms with E-state index in [-0.39, 0.29) is 24.9 Å². The zero-order valence-corrected chi connectivity index (χ0v) is 21.2. The first kappa shape index (κ1) is 22.7. The zero-order chi connectivity index (χ0) is 27.4. The van der Waals surface area contributed by atoms with Gasteiger partial charge in [-0.25, -0.2) is 0 Å². The van der Waals surface area contributed by atoms with Crippen molar-refractivity contribution in [2.75, 3.05) is 14.2 Å². The van der Waals surface area contributed by atoms with Crippen LogP contribution < -0.4 is 9.47 Å². The van der Waals surface area contributed by atoms with E-state index in [9.17, 15) is 11.0 Å². The lowest BCUT2D eigenvalue weighted by molar-refractivity contribution is -0.165. The van der Waals surface area contributed by atoms with Crippen molar-refractivity contribution in [3.8, 4) is 11.5 Å². The third kappa shape index (κ3) is 5.54. The first-order valence-electron chi connectivity index (χ1n) is 13.1. The summed E-state index contributed by atoms with van der Waals surface area (Å²) in [5.41, 5.74) is 2.05. The van der Waals surface area contributed by atoms with Gasteiger partial charge < -0.3 is 19.3 Å². The van der Waals surface area contributed by atoms with Gasteiger partial charge >= 0.3 is 0 Å². The molecule has 1 heterocycles. The summed E-state index contributed by atoms with van der Waals surface area (Å²) in [4.78, 5) is 31.3. The van der Waals surface area contributed by atoms with Crippen LogP contribution in [0.4, 0.5) is 0 Å². The summed E-state index contributed by atoms with van der Waals surface area (Å²) in [6.07, 6.45) is -1.31. The molecule has 1 aliphatic rings. The fourth-order valence-corrected chi connectivity index (χ4v) is 4.47. The molecule has 0 aromatic heterocycles. The van der Waals surface area contributed by atoms with E-state index in [4.69, 9.17) is 10.8 Å². The normalized spacial score (nSPS) is 21.8. The molecule has 0 N–H and O–H groups in total. The van der Waals surface area contributed by atoms with Crippen LogP contribution in [0.1, 0.15) is 33.3 Å². The standard InChI is InChI=1S/C30H34N2O4/c1-21(2)28-30(34)31(19-23-10-14-25(35-3)15-11-23)27(18-22-8-6-5-7-9-22)29(33)32(28)20-24-12-16-26(36-4)17-13-24/h5-17,21,27-28H,18-20H2,1-4H3/t27-,28-/m0/s1/i18D,27D/t18-,27+,28+/m1. The summed E-state index contributed by atoms with van der Waals surface area (Å²) in [7, 11) is 3.16. The van der Waals surface area contributed by atoms with Crippen molar-refractivity contribution in [2.45, 2.75) is 45.4 Å². The highest BCUT2D eigenvalue weighted by atomic mass is 16.5. The van der Waals surface area contributed by atoms with Gasteiger partial charge in [0.2, 0.25) is 11.8 Å². The van der Waals surface area contributed by atoms with Crippen molar-refractivity contribution in [3.63, 3.8) is 0 Å². The van der Waals surface area contributed by atoms with Crippen LogP contribution in [0.2, 0.25) is 0 Å². The smallest absolute Gasteiger partial charge is 0.246 e. The molecule has 0 radical (unpaired) electrons. The Bertz CT molecular complexity index is 1250. The van der Waals surface area contributed by atoms with Gasteiger partial charge in [-0.05, 0) is 46.9 Å². The van der Waals surface area contributed by atoms with Crippen molar-refractivity contribution in [1.29, 1.82) is 0 Å². The molecule has 0 unspecified atom stereocenters. The fourth-order valence-electron chi connectivity index (χ4n) is 4.47. The van der Waals surface area contributed by atoms with Crippen molar-refractivity contribution in [3.05, 3.63) is 95.6 Å². The third-order valence-electron chi connectivity index (χ3n) is 6.37. The number of carbonyl (C=O) groups is 2. The maximum atomic E-state index is 14.3. The number of piperazine rings is 1. The first-order chi connectivity index (χ1) is 18.2. The molecule has 36 heavy (non-hydrogen) atoms. The summed E-state index contributed by atoms with van der Waals surface area (Å²) in [6, 6.07) is 20.3. The number of hydrogen-bond acceptors (Lipinski definition) is 4. The fraction of sp³-hybridized carbons (Fsp3) is 0.333. The Morgan fingerprint density at radius 1 is 0.750 bits per heavy atom. The third-order valence-corrected chi connectivity index (χ3v) is 6.37. The Morgan fingerprint density at radius 3 is 1.72 bits per heavy atom. The number of hydrogen-bond donors (Lipinski definition) is 0. The van der Waals surface area contributed by atoms with E-state index in [2.05, 4.69) is 0 Å². The Labute approximate surface area is 216 Å². The zero-order valence-electron chi connectivity index (χ0n) is 23.2. The molecule has 2 amide bonds. The summed E-state index contributed by atoms with van der Waals surface area (Å²) < 4.78 is 29.2. The van der Waals surface area contributed by atoms with Gasteiger partial charge in [-0.15, -0.1) is 0 Å². The van der Waals surface area contributed by atoms with Crippen LogP contribution in [0.5, 0.6) is 11.5 Å². The molecule has 6 heteroatoms. The van der Waals surface area contributed by atoms with Gasteiger partial charge in [0.15, 0.2) is 0 Å². The molecule has 3 aromatic carbocycles. The van der Waals surface area contributed by atoms with E-state index in [1.165, 1.54) is 9.80 Å². The highest BCUT2D eigenvalue weighted by Crippen LogP contribution is 2.29. The first-order valence-corrected chi connectivity index (χ1v) is 12.1. The maximum absolute atomic E-state index is 14.3. The largest absolute Gasteiger partial charge is 0.497 e. The highest BCUT2D eigenvalue weighted by Gasteiger charge is 2.46. The molecule has 6 nitrogen and oxygen atoms in total. The monoisotopic (exact) mass is 488 g/mol. The number of ether oxygens (including phenoxy) is 2. The van der Waals surface area contributed by atoms with Gasteiger partial charge in [0.25, 0.3) is 0 Å². The Balaban J connectivity index is 1.79. The van der Waals surface area contributed by atoms with E-state index >= 15 is 0 Å². The molecule has 0 bridgehead atoms. The number of benzene rings is 3. The second kappa shape index (κ2) is 11.3. The second-order valence-electron chi connectivity index (χ2n) is 9.18. The van der Waals surface area contributed by atoms with E-state index in [1.807, 2.05) is 44.2 Å². The number of carbonyl (C=O) groups excluding carboxylic acids is 2. The number of amides is 2. The van der Waals surface area contributed by atoms with Crippen molar-refractivity contribution < 1.29 is 21.8 Å². The molecule has 0 spiro atoms. The average Bonchev–Trinajstić information content (AvgIpc) is 2.94. The van der Waals surface area contributed by atoms with E-state index in [1.54, 1.807) is 62.8 Å². The van der Waals surface area contributed by atoms with Crippen molar-refractivity contribution >= 4 is 11.8 Å². The molecule has 3 atom stereocenters. The Kier molecular flexibility index (Phi) is 7.10. The van der Waals surface area contributed by atoms with Crippen LogP contribution in [0.15, 0.2) is 78.9 Å². The molecule has 3 aromatic rings. The molecule has 1 aliphatic heterocycles. The topological polar surface area (TPSA) is 59.1 Å². The van der Waals surface area contributed by atoms with Crippen LogP contribution >= 0.6 is 0 Å². The summed E-state index contributed by atoms with van der Waals surface area (Å²) in [5.74, 6) is 0.246. The van der Waals surface area contributed by atoms with Crippen molar-refractivity contribution in [1.82, 2.24) is 9.80 Å². The summed E-state index contributed by atoms with van der Waals surface area (Å²) in [5, 5.41) is 0. The Morgan fingerprint density at radius 2 is 1.25 bits per heavy atom. The molecule has 0 aliphatic carbocycles. The summed E-state index contributed by atoms with van der Waals surface area (Å²) >= 11 is 0.